The van der Waals surface area contributed by atoms with Gasteiger partial charge in [0.15, 0.2) is 0 Å². The van der Waals surface area contributed by atoms with Gasteiger partial charge >= 0.3 is 6.09 Å². The van der Waals surface area contributed by atoms with Crippen molar-refractivity contribution >= 4 is 33.2 Å². The molecule has 0 saturated carbocycles. The van der Waals surface area contributed by atoms with Crippen molar-refractivity contribution in [3.8, 4) is 0 Å². The summed E-state index contributed by atoms with van der Waals surface area (Å²) in [5.74, 6) is 0. The first kappa shape index (κ1) is 11.3. The number of carbonyl (C=O) groups is 1. The Kier molecular flexibility index (Phi) is 2.83. The van der Waals surface area contributed by atoms with Gasteiger partial charge in [0.05, 0.1) is 10.4 Å². The zero-order chi connectivity index (χ0) is 12.5. The van der Waals surface area contributed by atoms with Gasteiger partial charge in [0.25, 0.3) is 0 Å². The van der Waals surface area contributed by atoms with Crippen LogP contribution in [0.1, 0.15) is 6.42 Å². The molecule has 0 spiro atoms. The molecule has 2 heterocycles. The summed E-state index contributed by atoms with van der Waals surface area (Å²) in [5, 5.41) is 15.7. The molecule has 4 nitrogen and oxygen atoms in total. The summed E-state index contributed by atoms with van der Waals surface area (Å²) in [5.41, 5.74) is 1.11. The molecule has 0 bridgehead atoms. The highest BCUT2D eigenvalue weighted by Crippen LogP contribution is 2.29. The molecule has 1 aromatic heterocycles. The van der Waals surface area contributed by atoms with E-state index in [1.165, 1.54) is 15.0 Å². The third-order valence-corrected chi connectivity index (χ3v) is 4.26. The van der Waals surface area contributed by atoms with Crippen LogP contribution in [-0.4, -0.2) is 35.2 Å². The average molecular weight is 262 g/mol. The summed E-state index contributed by atoms with van der Waals surface area (Å²) in [4.78, 5) is 12.3. The van der Waals surface area contributed by atoms with Crippen LogP contribution >= 0.6 is 11.3 Å². The highest BCUT2D eigenvalue weighted by molar-refractivity contribution is 7.17. The molecule has 2 aromatic rings. The van der Waals surface area contributed by atoms with Crippen molar-refractivity contribution in [3.63, 3.8) is 0 Å². The van der Waals surface area contributed by atoms with Crippen molar-refractivity contribution in [2.24, 2.45) is 0 Å². The maximum atomic E-state index is 10.9. The minimum absolute atomic E-state index is 0.216. The van der Waals surface area contributed by atoms with Crippen LogP contribution in [0.4, 0.5) is 10.5 Å². The normalized spacial score (nSPS) is 19.3. The lowest BCUT2D eigenvalue weighted by atomic mass is 10.2. The molecule has 0 radical (unpaired) electrons. The fourth-order valence-corrected chi connectivity index (χ4v) is 3.26. The molecule has 1 saturated heterocycles. The number of nitrogens with zero attached hydrogens (tertiary/aromatic N) is 1. The highest BCUT2D eigenvalue weighted by Gasteiger charge is 2.25. The minimum Gasteiger partial charge on any atom is -0.465 e. The Balaban J connectivity index is 1.77. The van der Waals surface area contributed by atoms with E-state index >= 15 is 0 Å². The minimum atomic E-state index is -0.825. The van der Waals surface area contributed by atoms with Gasteiger partial charge < -0.3 is 15.3 Å². The summed E-state index contributed by atoms with van der Waals surface area (Å²) >= 11 is 1.71. The van der Waals surface area contributed by atoms with E-state index in [0.717, 1.165) is 12.1 Å². The number of thiophene rings is 1. The number of amides is 1. The maximum absolute atomic E-state index is 10.9. The van der Waals surface area contributed by atoms with Crippen LogP contribution in [0, 0.1) is 0 Å². The number of hydrogen-bond donors (Lipinski definition) is 2. The Morgan fingerprint density at radius 3 is 3.11 bits per heavy atom. The van der Waals surface area contributed by atoms with Crippen molar-refractivity contribution in [3.05, 3.63) is 29.6 Å². The number of hydrogen-bond acceptors (Lipinski definition) is 3. The fraction of sp³-hybridized carbons (Fsp3) is 0.308. The SMILES string of the molecule is O=C(O)N1CCC(Nc2cccc3ccsc23)C1. The zero-order valence-electron chi connectivity index (χ0n) is 9.80. The van der Waals surface area contributed by atoms with Gasteiger partial charge in [0, 0.05) is 19.1 Å². The standard InChI is InChI=1S/C13H14N2O2S/c16-13(17)15-6-4-10(8-15)14-11-3-1-2-9-5-7-18-12(9)11/h1-3,5,7,10,14H,4,6,8H2,(H,16,17). The van der Waals surface area contributed by atoms with E-state index in [2.05, 4.69) is 28.9 Å². The van der Waals surface area contributed by atoms with Gasteiger partial charge in [-0.2, -0.15) is 0 Å². The van der Waals surface area contributed by atoms with Crippen LogP contribution in [0.15, 0.2) is 29.6 Å². The third kappa shape index (κ3) is 2.01. The van der Waals surface area contributed by atoms with E-state index < -0.39 is 6.09 Å². The summed E-state index contributed by atoms with van der Waals surface area (Å²) in [6.07, 6.45) is 0.0438. The van der Waals surface area contributed by atoms with Crippen LogP contribution in [0.5, 0.6) is 0 Å². The second kappa shape index (κ2) is 4.49. The van der Waals surface area contributed by atoms with Crippen LogP contribution < -0.4 is 5.32 Å². The lowest BCUT2D eigenvalue weighted by Gasteiger charge is -2.15. The Hall–Kier alpha value is -1.75. The van der Waals surface area contributed by atoms with Gasteiger partial charge in [-0.05, 0) is 29.3 Å². The molecule has 1 amide bonds. The van der Waals surface area contributed by atoms with Crippen LogP contribution in [0.2, 0.25) is 0 Å². The van der Waals surface area contributed by atoms with Crippen LogP contribution in [0.3, 0.4) is 0 Å². The van der Waals surface area contributed by atoms with Gasteiger partial charge in [-0.25, -0.2) is 4.79 Å². The first-order valence-electron chi connectivity index (χ1n) is 5.94. The Morgan fingerprint density at radius 1 is 1.44 bits per heavy atom. The smallest absolute Gasteiger partial charge is 0.407 e. The predicted molar refractivity (Wildman–Crippen MR) is 73.5 cm³/mol. The molecule has 18 heavy (non-hydrogen) atoms. The van der Waals surface area contributed by atoms with Crippen molar-refractivity contribution in [1.29, 1.82) is 0 Å². The van der Waals surface area contributed by atoms with Gasteiger partial charge in [0.2, 0.25) is 0 Å². The number of likely N-dealkylation sites (tertiary alicyclic amines) is 1. The molecule has 1 aromatic carbocycles. The van der Waals surface area contributed by atoms with E-state index in [1.54, 1.807) is 11.3 Å². The molecule has 3 rings (SSSR count). The van der Waals surface area contributed by atoms with E-state index in [1.807, 2.05) is 6.07 Å². The largest absolute Gasteiger partial charge is 0.465 e. The topological polar surface area (TPSA) is 52.6 Å². The molecular formula is C13H14N2O2S. The van der Waals surface area contributed by atoms with E-state index in [9.17, 15) is 4.79 Å². The van der Waals surface area contributed by atoms with E-state index in [-0.39, 0.29) is 6.04 Å². The Labute approximate surface area is 109 Å². The molecule has 1 aliphatic rings. The van der Waals surface area contributed by atoms with Gasteiger partial charge in [-0.1, -0.05) is 12.1 Å². The second-order valence-corrected chi connectivity index (χ2v) is 5.42. The quantitative estimate of drug-likeness (QED) is 0.874. The molecule has 2 N–H and O–H groups in total. The van der Waals surface area contributed by atoms with E-state index in [0.29, 0.717) is 13.1 Å². The van der Waals surface area contributed by atoms with Crippen LogP contribution in [-0.2, 0) is 0 Å². The number of anilines is 1. The van der Waals surface area contributed by atoms with Crippen molar-refractivity contribution < 1.29 is 9.90 Å². The molecule has 0 aliphatic carbocycles. The molecule has 1 atom stereocenters. The molecule has 1 unspecified atom stereocenters. The predicted octanol–water partition coefficient (Wildman–Crippen LogP) is 3.07. The summed E-state index contributed by atoms with van der Waals surface area (Å²) in [6, 6.07) is 8.50. The fourth-order valence-electron chi connectivity index (χ4n) is 2.38. The highest BCUT2D eigenvalue weighted by atomic mass is 32.1. The zero-order valence-corrected chi connectivity index (χ0v) is 10.6. The van der Waals surface area contributed by atoms with Crippen molar-refractivity contribution in [2.75, 3.05) is 18.4 Å². The number of rotatable bonds is 2. The maximum Gasteiger partial charge on any atom is 0.407 e. The first-order chi connectivity index (χ1) is 8.74. The Morgan fingerprint density at radius 2 is 2.33 bits per heavy atom. The second-order valence-electron chi connectivity index (χ2n) is 4.50. The number of fused-ring (bicyclic) bond motifs is 1. The first-order valence-corrected chi connectivity index (χ1v) is 6.82. The van der Waals surface area contributed by atoms with Gasteiger partial charge in [-0.15, -0.1) is 11.3 Å². The summed E-state index contributed by atoms with van der Waals surface area (Å²) in [6.45, 7) is 1.19. The molecule has 1 fully saturated rings. The molecular weight excluding hydrogens is 248 g/mol. The van der Waals surface area contributed by atoms with Crippen LogP contribution in [0.25, 0.3) is 10.1 Å². The van der Waals surface area contributed by atoms with Crippen molar-refractivity contribution in [2.45, 2.75) is 12.5 Å². The summed E-state index contributed by atoms with van der Waals surface area (Å²) < 4.78 is 1.24. The van der Waals surface area contributed by atoms with Gasteiger partial charge in [-0.3, -0.25) is 0 Å². The van der Waals surface area contributed by atoms with E-state index in [4.69, 9.17) is 5.11 Å². The molecule has 5 heteroatoms. The number of benzene rings is 1. The van der Waals surface area contributed by atoms with Gasteiger partial charge in [0.1, 0.15) is 0 Å². The monoisotopic (exact) mass is 262 g/mol. The lowest BCUT2D eigenvalue weighted by Crippen LogP contribution is -2.30. The lowest BCUT2D eigenvalue weighted by molar-refractivity contribution is 0.155. The average Bonchev–Trinajstić information content (AvgIpc) is 2.97. The third-order valence-electron chi connectivity index (χ3n) is 3.30. The number of nitrogens with one attached hydrogen (secondary N) is 1. The molecule has 1 aliphatic heterocycles. The number of carboxylic acid groups (broad SMARTS) is 1. The summed E-state index contributed by atoms with van der Waals surface area (Å²) in [7, 11) is 0. The Bertz CT molecular complexity index is 581. The van der Waals surface area contributed by atoms with Crippen molar-refractivity contribution in [1.82, 2.24) is 4.90 Å². The molecule has 94 valence electrons.